The van der Waals surface area contributed by atoms with Gasteiger partial charge in [-0.3, -0.25) is 4.79 Å². The average molecular weight is 307 g/mol. The Hall–Kier alpha value is -2.80. The van der Waals surface area contributed by atoms with Crippen LogP contribution in [0.15, 0.2) is 35.9 Å². The minimum Gasteiger partial charge on any atom is -0.349 e. The van der Waals surface area contributed by atoms with Gasteiger partial charge in [-0.15, -0.1) is 0 Å². The van der Waals surface area contributed by atoms with Crippen LogP contribution >= 0.6 is 0 Å². The van der Waals surface area contributed by atoms with Gasteiger partial charge in [0.05, 0.1) is 0 Å². The Bertz CT molecular complexity index is 789. The number of nitrogens with one attached hydrogen (secondary N) is 1. The van der Waals surface area contributed by atoms with Gasteiger partial charge in [0, 0.05) is 23.6 Å². The first-order chi connectivity index (χ1) is 11.0. The van der Waals surface area contributed by atoms with E-state index in [2.05, 4.69) is 16.8 Å². The van der Waals surface area contributed by atoms with Gasteiger partial charge >= 0.3 is 0 Å². The van der Waals surface area contributed by atoms with Gasteiger partial charge in [0.1, 0.15) is 11.6 Å². The van der Waals surface area contributed by atoms with Crippen molar-refractivity contribution in [3.05, 3.63) is 58.4 Å². The molecule has 1 aromatic carbocycles. The second-order valence-corrected chi connectivity index (χ2v) is 5.56. The number of nitrogens with zero attached hydrogens (tertiary/aromatic N) is 2. The van der Waals surface area contributed by atoms with Gasteiger partial charge in [0.15, 0.2) is 0 Å². The maximum absolute atomic E-state index is 12.3. The highest BCUT2D eigenvalue weighted by Gasteiger charge is 2.12. The minimum absolute atomic E-state index is 0.0990. The Morgan fingerprint density at radius 3 is 2.43 bits per heavy atom. The summed E-state index contributed by atoms with van der Waals surface area (Å²) >= 11 is 0. The highest BCUT2D eigenvalue weighted by Crippen LogP contribution is 2.19. The monoisotopic (exact) mass is 307 g/mol. The summed E-state index contributed by atoms with van der Waals surface area (Å²) in [6.07, 6.45) is 1.65. The zero-order chi connectivity index (χ0) is 17.0. The molecule has 0 saturated carbocycles. The second-order valence-electron chi connectivity index (χ2n) is 5.56. The van der Waals surface area contributed by atoms with Crippen molar-refractivity contribution in [3.63, 3.8) is 0 Å². The molecule has 2 rings (SSSR count). The van der Waals surface area contributed by atoms with Crippen LogP contribution in [-0.2, 0) is 11.3 Å². The standard InChI is InChI=1S/C19H21N3O/c1-5-22-14(3)10-16(15(22)4)11-17(12-20)19(23)21-18-8-6-13(2)7-9-18/h6-11H,5H2,1-4H3,(H,21,23)/b17-11-. The predicted molar refractivity (Wildman–Crippen MR) is 93.0 cm³/mol. The molecule has 1 amide bonds. The lowest BCUT2D eigenvalue weighted by Gasteiger charge is -2.06. The van der Waals surface area contributed by atoms with Gasteiger partial charge in [-0.05, 0) is 57.5 Å². The second kappa shape index (κ2) is 6.97. The van der Waals surface area contributed by atoms with E-state index in [-0.39, 0.29) is 5.57 Å². The first-order valence-electron chi connectivity index (χ1n) is 7.62. The Labute approximate surface area is 137 Å². The molecule has 23 heavy (non-hydrogen) atoms. The third-order valence-electron chi connectivity index (χ3n) is 3.90. The van der Waals surface area contributed by atoms with Crippen LogP contribution in [0, 0.1) is 32.1 Å². The Morgan fingerprint density at radius 1 is 1.26 bits per heavy atom. The van der Waals surface area contributed by atoms with Gasteiger partial charge in [-0.1, -0.05) is 17.7 Å². The minimum atomic E-state index is -0.391. The van der Waals surface area contributed by atoms with Crippen LogP contribution in [0.4, 0.5) is 5.69 Å². The van der Waals surface area contributed by atoms with Crippen LogP contribution in [0.2, 0.25) is 0 Å². The molecule has 4 nitrogen and oxygen atoms in total. The lowest BCUT2D eigenvalue weighted by atomic mass is 10.1. The fourth-order valence-corrected chi connectivity index (χ4v) is 2.60. The van der Waals surface area contributed by atoms with Crippen molar-refractivity contribution in [3.8, 4) is 6.07 Å². The number of carbonyl (C=O) groups excluding carboxylic acids is 1. The molecule has 0 aliphatic carbocycles. The van der Waals surface area contributed by atoms with E-state index in [0.29, 0.717) is 5.69 Å². The number of rotatable bonds is 4. The summed E-state index contributed by atoms with van der Waals surface area (Å²) in [5.74, 6) is -0.391. The Morgan fingerprint density at radius 2 is 1.91 bits per heavy atom. The summed E-state index contributed by atoms with van der Waals surface area (Å²) in [6.45, 7) is 8.93. The molecule has 0 fully saturated rings. The summed E-state index contributed by atoms with van der Waals surface area (Å²) in [5, 5.41) is 12.1. The smallest absolute Gasteiger partial charge is 0.266 e. The molecule has 4 heteroatoms. The molecule has 1 heterocycles. The molecule has 0 aliphatic heterocycles. The molecule has 0 saturated heterocycles. The third-order valence-corrected chi connectivity index (χ3v) is 3.90. The van der Waals surface area contributed by atoms with E-state index in [1.54, 1.807) is 6.08 Å². The lowest BCUT2D eigenvalue weighted by molar-refractivity contribution is -0.112. The molecule has 0 unspecified atom stereocenters. The fourth-order valence-electron chi connectivity index (χ4n) is 2.60. The Kier molecular flexibility index (Phi) is 5.02. The molecule has 118 valence electrons. The maximum atomic E-state index is 12.3. The van der Waals surface area contributed by atoms with Crippen LogP contribution in [0.1, 0.15) is 29.4 Å². The number of aromatic nitrogens is 1. The summed E-state index contributed by atoms with van der Waals surface area (Å²) < 4.78 is 2.15. The van der Waals surface area contributed by atoms with E-state index in [1.165, 1.54) is 0 Å². The van der Waals surface area contributed by atoms with Crippen molar-refractivity contribution in [1.82, 2.24) is 4.57 Å². The predicted octanol–water partition coefficient (Wildman–Crippen LogP) is 3.98. The van der Waals surface area contributed by atoms with E-state index in [0.717, 1.165) is 29.1 Å². The molecule has 1 N–H and O–H groups in total. The largest absolute Gasteiger partial charge is 0.349 e. The highest BCUT2D eigenvalue weighted by molar-refractivity contribution is 6.09. The van der Waals surface area contributed by atoms with E-state index in [9.17, 15) is 10.1 Å². The zero-order valence-corrected chi connectivity index (χ0v) is 14.0. The molecular formula is C19H21N3O. The molecule has 0 bridgehead atoms. The molecule has 0 atom stereocenters. The number of aryl methyl sites for hydroxylation is 2. The normalized spacial score (nSPS) is 11.2. The SMILES string of the molecule is CCn1c(C)cc(/C=C(/C#N)C(=O)Nc2ccc(C)cc2)c1C. The van der Waals surface area contributed by atoms with Crippen molar-refractivity contribution < 1.29 is 4.79 Å². The molecule has 0 spiro atoms. The van der Waals surface area contributed by atoms with Crippen molar-refractivity contribution in [2.24, 2.45) is 0 Å². The number of hydrogen-bond donors (Lipinski definition) is 1. The summed E-state index contributed by atoms with van der Waals surface area (Å²) in [7, 11) is 0. The maximum Gasteiger partial charge on any atom is 0.266 e. The molecule has 0 radical (unpaired) electrons. The van der Waals surface area contributed by atoms with Gasteiger partial charge in [-0.2, -0.15) is 5.26 Å². The summed E-state index contributed by atoms with van der Waals surface area (Å²) in [4.78, 5) is 12.3. The number of hydrogen-bond acceptors (Lipinski definition) is 2. The van der Waals surface area contributed by atoms with E-state index < -0.39 is 5.91 Å². The average Bonchev–Trinajstić information content (AvgIpc) is 2.80. The summed E-state index contributed by atoms with van der Waals surface area (Å²) in [5.41, 5.74) is 4.97. The molecular weight excluding hydrogens is 286 g/mol. The number of amides is 1. The third kappa shape index (κ3) is 3.70. The van der Waals surface area contributed by atoms with Crippen LogP contribution in [0.25, 0.3) is 6.08 Å². The van der Waals surface area contributed by atoms with Crippen LogP contribution in [0.3, 0.4) is 0 Å². The number of anilines is 1. The fraction of sp³-hybridized carbons (Fsp3) is 0.263. The lowest BCUT2D eigenvalue weighted by Crippen LogP contribution is -2.13. The quantitative estimate of drug-likeness (QED) is 0.686. The number of carbonyl (C=O) groups is 1. The number of benzene rings is 1. The van der Waals surface area contributed by atoms with Gasteiger partial charge in [0.25, 0.3) is 5.91 Å². The van der Waals surface area contributed by atoms with Crippen LogP contribution in [-0.4, -0.2) is 10.5 Å². The first-order valence-corrected chi connectivity index (χ1v) is 7.62. The molecule has 0 aliphatic rings. The van der Waals surface area contributed by atoms with Crippen molar-refractivity contribution in [1.29, 1.82) is 5.26 Å². The molecule has 2 aromatic rings. The van der Waals surface area contributed by atoms with E-state index >= 15 is 0 Å². The summed E-state index contributed by atoms with van der Waals surface area (Å²) in [6, 6.07) is 11.5. The first kappa shape index (κ1) is 16.6. The van der Waals surface area contributed by atoms with Crippen LogP contribution in [0.5, 0.6) is 0 Å². The van der Waals surface area contributed by atoms with Gasteiger partial charge < -0.3 is 9.88 Å². The van der Waals surface area contributed by atoms with Gasteiger partial charge in [-0.25, -0.2) is 0 Å². The topological polar surface area (TPSA) is 57.8 Å². The van der Waals surface area contributed by atoms with Crippen LogP contribution < -0.4 is 5.32 Å². The number of nitriles is 1. The van der Waals surface area contributed by atoms with Crippen molar-refractivity contribution in [2.75, 3.05) is 5.32 Å². The van der Waals surface area contributed by atoms with Gasteiger partial charge in [0.2, 0.25) is 0 Å². The Balaban J connectivity index is 2.27. The van der Waals surface area contributed by atoms with E-state index in [4.69, 9.17) is 0 Å². The highest BCUT2D eigenvalue weighted by atomic mass is 16.1. The molecule has 1 aromatic heterocycles. The zero-order valence-electron chi connectivity index (χ0n) is 14.0. The van der Waals surface area contributed by atoms with Crippen molar-refractivity contribution in [2.45, 2.75) is 34.2 Å². The van der Waals surface area contributed by atoms with E-state index in [1.807, 2.05) is 57.2 Å². The van der Waals surface area contributed by atoms with Crippen molar-refractivity contribution >= 4 is 17.7 Å².